The van der Waals surface area contributed by atoms with Gasteiger partial charge in [0.2, 0.25) is 0 Å². The second kappa shape index (κ2) is 3.80. The van der Waals surface area contributed by atoms with Crippen LogP contribution in [0.1, 0.15) is 31.0 Å². The minimum atomic E-state index is -0.705. The third-order valence-electron chi connectivity index (χ3n) is 3.35. The van der Waals surface area contributed by atoms with Crippen LogP contribution in [0.3, 0.4) is 0 Å². The van der Waals surface area contributed by atoms with E-state index >= 15 is 0 Å². The normalized spacial score (nSPS) is 24.2. The lowest BCUT2D eigenvalue weighted by molar-refractivity contribution is -0.141. The van der Waals surface area contributed by atoms with Crippen LogP contribution in [0, 0.1) is 5.92 Å². The van der Waals surface area contributed by atoms with Crippen LogP contribution in [-0.2, 0) is 4.79 Å². The van der Waals surface area contributed by atoms with E-state index in [-0.39, 0.29) is 11.8 Å². The van der Waals surface area contributed by atoms with Gasteiger partial charge in [-0.3, -0.25) is 4.79 Å². The van der Waals surface area contributed by atoms with Crippen molar-refractivity contribution in [1.82, 2.24) is 19.9 Å². The number of hydrogen-bond acceptors (Lipinski definition) is 4. The van der Waals surface area contributed by atoms with Crippen LogP contribution in [0.15, 0.2) is 12.5 Å². The number of rotatable bonds is 2. The molecule has 1 aliphatic rings. The minimum absolute atomic E-state index is 0.199. The van der Waals surface area contributed by atoms with Crippen molar-refractivity contribution in [1.29, 1.82) is 0 Å². The second-order valence-electron chi connectivity index (χ2n) is 4.43. The van der Waals surface area contributed by atoms with Crippen molar-refractivity contribution in [3.05, 3.63) is 18.3 Å². The Hall–Kier alpha value is -1.98. The number of aliphatic carboxylic acids is 1. The van der Waals surface area contributed by atoms with Crippen LogP contribution in [0.25, 0.3) is 11.2 Å². The first kappa shape index (κ1) is 10.2. The predicted octanol–water partition coefficient (Wildman–Crippen LogP) is 1.32. The van der Waals surface area contributed by atoms with Crippen LogP contribution >= 0.6 is 0 Å². The number of nitrogens with one attached hydrogen (secondary N) is 1. The van der Waals surface area contributed by atoms with Gasteiger partial charge < -0.3 is 10.1 Å². The zero-order chi connectivity index (χ0) is 11.8. The molecule has 2 unspecified atom stereocenters. The summed E-state index contributed by atoms with van der Waals surface area (Å²) in [6.45, 7) is 0. The van der Waals surface area contributed by atoms with Crippen molar-refractivity contribution in [3.63, 3.8) is 0 Å². The number of carbonyl (C=O) groups is 1. The molecule has 2 aromatic heterocycles. The Morgan fingerprint density at radius 1 is 1.47 bits per heavy atom. The van der Waals surface area contributed by atoms with Gasteiger partial charge in [-0.15, -0.1) is 0 Å². The maximum absolute atomic E-state index is 10.9. The topological polar surface area (TPSA) is 91.8 Å². The summed E-state index contributed by atoms with van der Waals surface area (Å²) >= 11 is 0. The van der Waals surface area contributed by atoms with Gasteiger partial charge in [0.05, 0.1) is 12.1 Å². The van der Waals surface area contributed by atoms with Gasteiger partial charge in [-0.25, -0.2) is 15.0 Å². The Bertz CT molecular complexity index is 532. The molecule has 0 bridgehead atoms. The highest BCUT2D eigenvalue weighted by molar-refractivity contribution is 5.71. The standard InChI is InChI=1S/C11H12N4O2/c16-11(17)7-2-1-6(3-7)9-14-8-4-12-5-13-10(8)15-9/h4-7H,1-3H2,(H,16,17)(H,12,13,14,15). The number of aromatic amines is 1. The van der Waals surface area contributed by atoms with E-state index in [9.17, 15) is 4.79 Å². The Balaban J connectivity index is 1.87. The lowest BCUT2D eigenvalue weighted by Crippen LogP contribution is -2.09. The molecular weight excluding hydrogens is 220 g/mol. The molecule has 2 aromatic rings. The molecule has 0 spiro atoms. The number of carboxylic acid groups (broad SMARTS) is 1. The number of H-pyrrole nitrogens is 1. The van der Waals surface area contributed by atoms with Crippen molar-refractivity contribution in [2.75, 3.05) is 0 Å². The van der Waals surface area contributed by atoms with Gasteiger partial charge >= 0.3 is 5.97 Å². The first-order valence-corrected chi connectivity index (χ1v) is 5.62. The average molecular weight is 232 g/mol. The summed E-state index contributed by atoms with van der Waals surface area (Å²) in [5, 5.41) is 8.96. The minimum Gasteiger partial charge on any atom is -0.481 e. The lowest BCUT2D eigenvalue weighted by atomic mass is 10.0. The Morgan fingerprint density at radius 3 is 3.06 bits per heavy atom. The summed E-state index contributed by atoms with van der Waals surface area (Å²) in [6, 6.07) is 0. The van der Waals surface area contributed by atoms with Crippen molar-refractivity contribution in [2.45, 2.75) is 25.2 Å². The molecule has 0 saturated heterocycles. The fraction of sp³-hybridized carbons (Fsp3) is 0.455. The molecule has 17 heavy (non-hydrogen) atoms. The van der Waals surface area contributed by atoms with Gasteiger partial charge in [-0.1, -0.05) is 0 Å². The monoisotopic (exact) mass is 232 g/mol. The molecule has 2 atom stereocenters. The molecule has 6 nitrogen and oxygen atoms in total. The number of carboxylic acids is 1. The molecule has 2 N–H and O–H groups in total. The summed E-state index contributed by atoms with van der Waals surface area (Å²) < 4.78 is 0. The van der Waals surface area contributed by atoms with Crippen LogP contribution < -0.4 is 0 Å². The zero-order valence-electron chi connectivity index (χ0n) is 9.13. The van der Waals surface area contributed by atoms with E-state index in [2.05, 4.69) is 19.9 Å². The molecule has 3 rings (SSSR count). The van der Waals surface area contributed by atoms with E-state index < -0.39 is 5.97 Å². The molecular formula is C11H12N4O2. The largest absolute Gasteiger partial charge is 0.481 e. The van der Waals surface area contributed by atoms with E-state index in [1.807, 2.05) is 0 Å². The molecule has 0 aromatic carbocycles. The molecule has 0 aliphatic heterocycles. The first-order valence-electron chi connectivity index (χ1n) is 5.62. The Labute approximate surface area is 97.1 Å². The molecule has 0 radical (unpaired) electrons. The highest BCUT2D eigenvalue weighted by Gasteiger charge is 2.32. The van der Waals surface area contributed by atoms with E-state index in [1.165, 1.54) is 6.33 Å². The third-order valence-corrected chi connectivity index (χ3v) is 3.35. The zero-order valence-corrected chi connectivity index (χ0v) is 9.13. The fourth-order valence-electron chi connectivity index (χ4n) is 2.43. The van der Waals surface area contributed by atoms with E-state index in [0.29, 0.717) is 12.1 Å². The average Bonchev–Trinajstić information content (AvgIpc) is 2.95. The second-order valence-corrected chi connectivity index (χ2v) is 4.43. The lowest BCUT2D eigenvalue weighted by Gasteiger charge is -2.04. The molecule has 1 saturated carbocycles. The van der Waals surface area contributed by atoms with Gasteiger partial charge in [-0.2, -0.15) is 0 Å². The van der Waals surface area contributed by atoms with Crippen molar-refractivity contribution < 1.29 is 9.90 Å². The maximum Gasteiger partial charge on any atom is 0.306 e. The summed E-state index contributed by atoms with van der Waals surface area (Å²) in [4.78, 5) is 26.4. The van der Waals surface area contributed by atoms with E-state index in [0.717, 1.165) is 24.2 Å². The molecule has 2 heterocycles. The van der Waals surface area contributed by atoms with Crippen LogP contribution in [-0.4, -0.2) is 31.0 Å². The SMILES string of the molecule is O=C(O)C1CCC(c2nc3ncncc3[nH]2)C1. The maximum atomic E-state index is 10.9. The predicted molar refractivity (Wildman–Crippen MR) is 59.4 cm³/mol. The van der Waals surface area contributed by atoms with Gasteiger partial charge in [0.15, 0.2) is 5.65 Å². The Kier molecular flexibility index (Phi) is 2.28. The quantitative estimate of drug-likeness (QED) is 0.814. The summed E-state index contributed by atoms with van der Waals surface area (Å²) in [7, 11) is 0. The third kappa shape index (κ3) is 1.75. The summed E-state index contributed by atoms with van der Waals surface area (Å²) in [6.07, 6.45) is 5.39. The van der Waals surface area contributed by atoms with Gasteiger partial charge in [0, 0.05) is 5.92 Å². The molecule has 88 valence electrons. The Morgan fingerprint density at radius 2 is 2.35 bits per heavy atom. The van der Waals surface area contributed by atoms with Crippen LogP contribution in [0.4, 0.5) is 0 Å². The van der Waals surface area contributed by atoms with Gasteiger partial charge in [-0.05, 0) is 19.3 Å². The first-order chi connectivity index (χ1) is 8.24. The molecule has 6 heteroatoms. The van der Waals surface area contributed by atoms with Crippen LogP contribution in [0.2, 0.25) is 0 Å². The number of aromatic nitrogens is 4. The smallest absolute Gasteiger partial charge is 0.306 e. The summed E-state index contributed by atoms with van der Waals surface area (Å²) in [5.41, 5.74) is 1.45. The van der Waals surface area contributed by atoms with E-state index in [4.69, 9.17) is 5.11 Å². The van der Waals surface area contributed by atoms with Gasteiger partial charge in [0.1, 0.15) is 17.7 Å². The van der Waals surface area contributed by atoms with E-state index in [1.54, 1.807) is 6.20 Å². The number of imidazole rings is 1. The molecule has 0 amide bonds. The number of hydrogen-bond donors (Lipinski definition) is 2. The highest BCUT2D eigenvalue weighted by atomic mass is 16.4. The molecule has 1 fully saturated rings. The van der Waals surface area contributed by atoms with Crippen molar-refractivity contribution >= 4 is 17.1 Å². The van der Waals surface area contributed by atoms with Crippen LogP contribution in [0.5, 0.6) is 0 Å². The summed E-state index contributed by atoms with van der Waals surface area (Å²) in [5.74, 6) is 0.0947. The number of nitrogens with zero attached hydrogens (tertiary/aromatic N) is 3. The van der Waals surface area contributed by atoms with Gasteiger partial charge in [0.25, 0.3) is 0 Å². The molecule has 1 aliphatic carbocycles. The fourth-order valence-corrected chi connectivity index (χ4v) is 2.43. The van der Waals surface area contributed by atoms with Crippen molar-refractivity contribution in [2.24, 2.45) is 5.92 Å². The highest BCUT2D eigenvalue weighted by Crippen LogP contribution is 2.37. The van der Waals surface area contributed by atoms with Crippen molar-refractivity contribution in [3.8, 4) is 0 Å². The number of fused-ring (bicyclic) bond motifs is 1.